The van der Waals surface area contributed by atoms with Crippen LogP contribution < -0.4 is 4.74 Å². The number of ether oxygens (including phenoxy) is 1. The van der Waals surface area contributed by atoms with E-state index < -0.39 is 0 Å². The maximum Gasteiger partial charge on any atom is 0.217 e. The lowest BCUT2D eigenvalue weighted by Crippen LogP contribution is -2.33. The van der Waals surface area contributed by atoms with Crippen molar-refractivity contribution in [2.24, 2.45) is 5.92 Å². The van der Waals surface area contributed by atoms with E-state index in [4.69, 9.17) is 4.74 Å². The summed E-state index contributed by atoms with van der Waals surface area (Å²) in [7, 11) is 1.65. The molecule has 98 valence electrons. The number of methoxy groups -OCH3 is 1. The summed E-state index contributed by atoms with van der Waals surface area (Å²) in [5.41, 5.74) is 1.13. The monoisotopic (exact) mass is 248 g/mol. The molecule has 1 aromatic rings. The zero-order valence-electron chi connectivity index (χ0n) is 10.8. The standard InChI is InChI=1S/C14H20N2O2/c1-18-14-13(3-2-7-15-14)11-16-8-4-12(5-9-16)6-10-17/h2-3,7,10,12H,4-6,8-9,11H2,1H3. The van der Waals surface area contributed by atoms with Crippen molar-refractivity contribution in [2.75, 3.05) is 20.2 Å². The Balaban J connectivity index is 1.89. The van der Waals surface area contributed by atoms with E-state index in [2.05, 4.69) is 16.0 Å². The average molecular weight is 248 g/mol. The molecule has 0 atom stereocenters. The highest BCUT2D eigenvalue weighted by Gasteiger charge is 2.19. The number of carbonyl (C=O) groups excluding carboxylic acids is 1. The summed E-state index contributed by atoms with van der Waals surface area (Å²) in [5, 5.41) is 0. The van der Waals surface area contributed by atoms with Crippen molar-refractivity contribution in [1.82, 2.24) is 9.88 Å². The Labute approximate surface area is 108 Å². The molecule has 1 aliphatic heterocycles. The van der Waals surface area contributed by atoms with Crippen LogP contribution in [0.1, 0.15) is 24.8 Å². The minimum atomic E-state index is 0.578. The Hall–Kier alpha value is -1.42. The SMILES string of the molecule is COc1ncccc1CN1CCC(CC=O)CC1. The predicted octanol–water partition coefficient (Wildman–Crippen LogP) is 1.89. The molecule has 0 bridgehead atoms. The van der Waals surface area contributed by atoms with Crippen molar-refractivity contribution in [3.8, 4) is 5.88 Å². The molecular formula is C14H20N2O2. The molecule has 0 unspecified atom stereocenters. The summed E-state index contributed by atoms with van der Waals surface area (Å²) >= 11 is 0. The van der Waals surface area contributed by atoms with Crippen molar-refractivity contribution < 1.29 is 9.53 Å². The molecule has 4 heteroatoms. The zero-order chi connectivity index (χ0) is 12.8. The summed E-state index contributed by atoms with van der Waals surface area (Å²) < 4.78 is 5.26. The van der Waals surface area contributed by atoms with Gasteiger partial charge in [-0.25, -0.2) is 4.98 Å². The van der Waals surface area contributed by atoms with Crippen LogP contribution in [0.5, 0.6) is 5.88 Å². The van der Waals surface area contributed by atoms with Crippen LogP contribution in [-0.2, 0) is 11.3 Å². The largest absolute Gasteiger partial charge is 0.481 e. The van der Waals surface area contributed by atoms with Gasteiger partial charge in [-0.15, -0.1) is 0 Å². The first kappa shape index (κ1) is 13.0. The van der Waals surface area contributed by atoms with E-state index in [0.717, 1.165) is 44.3 Å². The smallest absolute Gasteiger partial charge is 0.217 e. The second kappa shape index (κ2) is 6.50. The lowest BCUT2D eigenvalue weighted by molar-refractivity contribution is -0.108. The number of hydrogen-bond donors (Lipinski definition) is 0. The molecule has 1 aliphatic rings. The van der Waals surface area contributed by atoms with Gasteiger partial charge in [-0.05, 0) is 37.9 Å². The third-order valence-electron chi connectivity index (χ3n) is 3.57. The maximum atomic E-state index is 10.5. The van der Waals surface area contributed by atoms with Crippen LogP contribution >= 0.6 is 0 Å². The highest BCUT2D eigenvalue weighted by molar-refractivity contribution is 5.49. The van der Waals surface area contributed by atoms with Gasteiger partial charge < -0.3 is 9.53 Å². The fraction of sp³-hybridized carbons (Fsp3) is 0.571. The summed E-state index contributed by atoms with van der Waals surface area (Å²) in [6, 6.07) is 4.00. The summed E-state index contributed by atoms with van der Waals surface area (Å²) in [5.74, 6) is 1.29. The molecule has 0 N–H and O–H groups in total. The van der Waals surface area contributed by atoms with Gasteiger partial charge in [0.15, 0.2) is 0 Å². The second-order valence-electron chi connectivity index (χ2n) is 4.79. The first-order valence-electron chi connectivity index (χ1n) is 6.47. The first-order valence-corrected chi connectivity index (χ1v) is 6.47. The third kappa shape index (κ3) is 3.29. The lowest BCUT2D eigenvalue weighted by atomic mass is 9.94. The highest BCUT2D eigenvalue weighted by Crippen LogP contribution is 2.23. The molecule has 0 aliphatic carbocycles. The van der Waals surface area contributed by atoms with E-state index in [9.17, 15) is 4.79 Å². The lowest BCUT2D eigenvalue weighted by Gasteiger charge is -2.31. The molecule has 1 aromatic heterocycles. The summed E-state index contributed by atoms with van der Waals surface area (Å²) in [6.07, 6.45) is 5.73. The Morgan fingerprint density at radius 1 is 1.50 bits per heavy atom. The number of pyridine rings is 1. The quantitative estimate of drug-likeness (QED) is 0.746. The van der Waals surface area contributed by atoms with Gasteiger partial charge in [-0.3, -0.25) is 4.90 Å². The highest BCUT2D eigenvalue weighted by atomic mass is 16.5. The molecule has 2 heterocycles. The van der Waals surface area contributed by atoms with Crippen LogP contribution in [0.2, 0.25) is 0 Å². The van der Waals surface area contributed by atoms with Gasteiger partial charge in [-0.1, -0.05) is 6.07 Å². The predicted molar refractivity (Wildman–Crippen MR) is 69.5 cm³/mol. The molecule has 2 rings (SSSR count). The van der Waals surface area contributed by atoms with Crippen LogP contribution in [0.4, 0.5) is 0 Å². The number of hydrogen-bond acceptors (Lipinski definition) is 4. The Morgan fingerprint density at radius 3 is 2.94 bits per heavy atom. The van der Waals surface area contributed by atoms with Gasteiger partial charge >= 0.3 is 0 Å². The molecule has 18 heavy (non-hydrogen) atoms. The Bertz CT molecular complexity index is 387. The molecule has 0 aromatic carbocycles. The van der Waals surface area contributed by atoms with Crippen molar-refractivity contribution in [2.45, 2.75) is 25.8 Å². The Kier molecular flexibility index (Phi) is 4.70. The topological polar surface area (TPSA) is 42.4 Å². The fourth-order valence-electron chi connectivity index (χ4n) is 2.49. The maximum absolute atomic E-state index is 10.5. The van der Waals surface area contributed by atoms with Crippen LogP contribution in [-0.4, -0.2) is 36.4 Å². The molecule has 4 nitrogen and oxygen atoms in total. The number of carbonyl (C=O) groups is 1. The number of rotatable bonds is 5. The third-order valence-corrected chi connectivity index (χ3v) is 3.57. The Morgan fingerprint density at radius 2 is 2.28 bits per heavy atom. The minimum Gasteiger partial charge on any atom is -0.481 e. The van der Waals surface area contributed by atoms with E-state index in [1.165, 1.54) is 0 Å². The molecule has 0 spiro atoms. The van der Waals surface area contributed by atoms with Crippen LogP contribution in [0.3, 0.4) is 0 Å². The molecule has 0 saturated carbocycles. The average Bonchev–Trinajstić information content (AvgIpc) is 2.42. The number of nitrogens with zero attached hydrogens (tertiary/aromatic N) is 2. The van der Waals surface area contributed by atoms with Crippen molar-refractivity contribution in [3.63, 3.8) is 0 Å². The minimum absolute atomic E-state index is 0.578. The summed E-state index contributed by atoms with van der Waals surface area (Å²) in [6.45, 7) is 2.98. The number of likely N-dealkylation sites (tertiary alicyclic amines) is 1. The van der Waals surface area contributed by atoms with Gasteiger partial charge in [0, 0.05) is 24.7 Å². The molecule has 0 amide bonds. The van der Waals surface area contributed by atoms with Gasteiger partial charge in [0.2, 0.25) is 5.88 Å². The van der Waals surface area contributed by atoms with E-state index in [1.54, 1.807) is 13.3 Å². The molecule has 0 radical (unpaired) electrons. The van der Waals surface area contributed by atoms with Crippen molar-refractivity contribution >= 4 is 6.29 Å². The van der Waals surface area contributed by atoms with E-state index in [0.29, 0.717) is 18.2 Å². The van der Waals surface area contributed by atoms with Gasteiger partial charge in [0.05, 0.1) is 7.11 Å². The molecular weight excluding hydrogens is 228 g/mol. The fourth-order valence-corrected chi connectivity index (χ4v) is 2.49. The summed E-state index contributed by atoms with van der Waals surface area (Å²) in [4.78, 5) is 17.1. The van der Waals surface area contributed by atoms with E-state index in [-0.39, 0.29) is 0 Å². The van der Waals surface area contributed by atoms with Gasteiger partial charge in [0.1, 0.15) is 6.29 Å². The van der Waals surface area contributed by atoms with Gasteiger partial charge in [-0.2, -0.15) is 0 Å². The normalized spacial score (nSPS) is 17.6. The van der Waals surface area contributed by atoms with E-state index >= 15 is 0 Å². The first-order chi connectivity index (χ1) is 8.83. The van der Waals surface area contributed by atoms with Crippen LogP contribution in [0.15, 0.2) is 18.3 Å². The van der Waals surface area contributed by atoms with Crippen LogP contribution in [0.25, 0.3) is 0 Å². The van der Waals surface area contributed by atoms with Crippen molar-refractivity contribution in [3.05, 3.63) is 23.9 Å². The number of piperidine rings is 1. The van der Waals surface area contributed by atoms with Crippen LogP contribution in [0, 0.1) is 5.92 Å². The number of aromatic nitrogens is 1. The second-order valence-corrected chi connectivity index (χ2v) is 4.79. The van der Waals surface area contributed by atoms with Crippen molar-refractivity contribution in [1.29, 1.82) is 0 Å². The van der Waals surface area contributed by atoms with E-state index in [1.807, 2.05) is 6.07 Å². The number of aldehydes is 1. The van der Waals surface area contributed by atoms with Gasteiger partial charge in [0.25, 0.3) is 0 Å². The molecule has 1 fully saturated rings. The zero-order valence-corrected chi connectivity index (χ0v) is 10.8. The molecule has 1 saturated heterocycles.